The fourth-order valence-electron chi connectivity index (χ4n) is 6.70. The number of thioether (sulfide) groups is 1. The number of nitrogens with zero attached hydrogens (tertiary/aromatic N) is 3. The third kappa shape index (κ3) is 3.02. The first-order chi connectivity index (χ1) is 19.3. The van der Waals surface area contributed by atoms with Crippen LogP contribution in [-0.2, 0) is 12.3 Å². The topological polar surface area (TPSA) is 65.8 Å². The number of alkyl halides is 2. The SMILES string of the molecule is O=C1c2c(O)c(=O)ccn2N([C@@H]2c3ccccc3-c3scc4c3-c3c2ccc(F)c3C(F)(F)C4)[C@@H]2CSCCN12. The van der Waals surface area contributed by atoms with Crippen LogP contribution in [0.2, 0.25) is 0 Å². The monoisotopic (exact) mass is 579 g/mol. The Morgan fingerprint density at radius 1 is 1.02 bits per heavy atom. The Morgan fingerprint density at radius 3 is 2.70 bits per heavy atom. The Hall–Kier alpha value is -3.70. The molecule has 1 fully saturated rings. The molecular formula is C29H20F3N3O3S2. The summed E-state index contributed by atoms with van der Waals surface area (Å²) in [6, 6.07) is 10.7. The number of fused-ring (bicyclic) bond motifs is 4. The van der Waals surface area contributed by atoms with Crippen molar-refractivity contribution in [2.45, 2.75) is 24.6 Å². The number of hydrogen-bond donors (Lipinski definition) is 1. The minimum atomic E-state index is -3.41. The van der Waals surface area contributed by atoms with E-state index in [1.165, 1.54) is 28.3 Å². The van der Waals surface area contributed by atoms with Crippen molar-refractivity contribution >= 4 is 29.0 Å². The molecule has 2 aromatic carbocycles. The highest BCUT2D eigenvalue weighted by Crippen LogP contribution is 2.58. The van der Waals surface area contributed by atoms with Gasteiger partial charge >= 0.3 is 0 Å². The highest BCUT2D eigenvalue weighted by atomic mass is 32.2. The van der Waals surface area contributed by atoms with Crippen LogP contribution in [0.1, 0.15) is 38.8 Å². The molecule has 0 radical (unpaired) electrons. The summed E-state index contributed by atoms with van der Waals surface area (Å²) in [5.41, 5.74) is 1.94. The molecule has 2 aliphatic carbocycles. The smallest absolute Gasteiger partial charge is 0.280 e. The predicted molar refractivity (Wildman–Crippen MR) is 147 cm³/mol. The van der Waals surface area contributed by atoms with Gasteiger partial charge in [0.25, 0.3) is 11.8 Å². The van der Waals surface area contributed by atoms with Crippen LogP contribution >= 0.6 is 23.1 Å². The van der Waals surface area contributed by atoms with Crippen LogP contribution in [0.5, 0.6) is 5.75 Å². The maximum absolute atomic E-state index is 15.7. The number of carbonyl (C=O) groups excluding carboxylic acids is 1. The largest absolute Gasteiger partial charge is 0.502 e. The number of benzene rings is 2. The quantitative estimate of drug-likeness (QED) is 0.331. The molecule has 2 atom stereocenters. The van der Waals surface area contributed by atoms with Crippen molar-refractivity contribution < 1.29 is 23.1 Å². The van der Waals surface area contributed by atoms with Crippen LogP contribution in [0.25, 0.3) is 21.6 Å². The summed E-state index contributed by atoms with van der Waals surface area (Å²) < 4.78 is 48.2. The number of aromatic nitrogens is 1. The summed E-state index contributed by atoms with van der Waals surface area (Å²) >= 11 is 3.02. The summed E-state index contributed by atoms with van der Waals surface area (Å²) in [5.74, 6) is -4.30. The van der Waals surface area contributed by atoms with E-state index in [0.717, 1.165) is 22.1 Å². The van der Waals surface area contributed by atoms with Crippen LogP contribution in [0, 0.1) is 5.82 Å². The van der Waals surface area contributed by atoms with Crippen LogP contribution < -0.4 is 10.4 Å². The molecule has 11 heteroatoms. The number of hydrogen-bond acceptors (Lipinski definition) is 6. The van der Waals surface area contributed by atoms with E-state index in [9.17, 15) is 14.7 Å². The van der Waals surface area contributed by atoms with Gasteiger partial charge in [-0.3, -0.25) is 19.3 Å². The Labute approximate surface area is 234 Å². The van der Waals surface area contributed by atoms with Crippen molar-refractivity contribution in [3.8, 4) is 27.3 Å². The molecule has 6 nitrogen and oxygen atoms in total. The maximum atomic E-state index is 15.7. The van der Waals surface area contributed by atoms with E-state index in [1.54, 1.807) is 28.1 Å². The number of rotatable bonds is 1. The molecule has 2 aliphatic heterocycles. The van der Waals surface area contributed by atoms with Crippen molar-refractivity contribution in [1.29, 1.82) is 0 Å². The lowest BCUT2D eigenvalue weighted by Crippen LogP contribution is -2.65. The second kappa shape index (κ2) is 8.17. The molecule has 202 valence electrons. The van der Waals surface area contributed by atoms with Gasteiger partial charge in [-0.25, -0.2) is 13.2 Å². The molecule has 8 rings (SSSR count). The maximum Gasteiger partial charge on any atom is 0.280 e. The summed E-state index contributed by atoms with van der Waals surface area (Å²) in [6.07, 6.45) is 0.354. The van der Waals surface area contributed by atoms with Gasteiger partial charge in [0.1, 0.15) is 12.0 Å². The van der Waals surface area contributed by atoms with Crippen molar-refractivity contribution in [2.24, 2.45) is 0 Å². The second-order valence-electron chi connectivity index (χ2n) is 10.4. The van der Waals surface area contributed by atoms with Crippen LogP contribution in [0.15, 0.2) is 58.8 Å². The molecule has 0 saturated carbocycles. The standard InChI is InChI=1S/C29H20F3N3O3S2/c30-18-6-5-17-22-21-14(11-29(31,32)23(18)22)12-40-27(21)16-4-2-1-3-15(16)24(17)35-20-13-39-10-9-33(20)28(38)25-26(37)19(36)7-8-34(25)35/h1-8,12,20,24,37H,9-11,13H2/t20-,24-/m1/s1. The van der Waals surface area contributed by atoms with Crippen molar-refractivity contribution in [3.05, 3.63) is 98.0 Å². The van der Waals surface area contributed by atoms with E-state index in [0.29, 0.717) is 34.7 Å². The number of halogens is 3. The van der Waals surface area contributed by atoms with Gasteiger partial charge < -0.3 is 10.0 Å². The second-order valence-corrected chi connectivity index (χ2v) is 12.4. The lowest BCUT2D eigenvalue weighted by Gasteiger charge is -2.51. The number of pyridine rings is 1. The van der Waals surface area contributed by atoms with E-state index in [-0.39, 0.29) is 11.3 Å². The molecular weight excluding hydrogens is 559 g/mol. The summed E-state index contributed by atoms with van der Waals surface area (Å²) in [7, 11) is 0. The summed E-state index contributed by atoms with van der Waals surface area (Å²) in [5, 5.41) is 14.4. The predicted octanol–water partition coefficient (Wildman–Crippen LogP) is 5.31. The Balaban J connectivity index is 1.51. The van der Waals surface area contributed by atoms with Gasteiger partial charge in [-0.2, -0.15) is 11.8 Å². The zero-order chi connectivity index (χ0) is 27.5. The molecule has 0 spiro atoms. The van der Waals surface area contributed by atoms with Crippen molar-refractivity contribution in [2.75, 3.05) is 23.1 Å². The van der Waals surface area contributed by atoms with E-state index < -0.39 is 53.0 Å². The summed E-state index contributed by atoms with van der Waals surface area (Å²) in [4.78, 5) is 28.5. The number of thiophene rings is 1. The van der Waals surface area contributed by atoms with E-state index in [2.05, 4.69) is 0 Å². The van der Waals surface area contributed by atoms with Crippen LogP contribution in [0.4, 0.5) is 13.2 Å². The number of aromatic hydroxyl groups is 1. The number of carbonyl (C=O) groups is 1. The third-order valence-corrected chi connectivity index (χ3v) is 10.4. The van der Waals surface area contributed by atoms with Crippen LogP contribution in [-0.4, -0.2) is 44.8 Å². The minimum absolute atomic E-state index is 0.172. The van der Waals surface area contributed by atoms with Gasteiger partial charge in [-0.1, -0.05) is 30.3 Å². The average molecular weight is 580 g/mol. The van der Waals surface area contributed by atoms with Gasteiger partial charge in [0.05, 0.1) is 11.6 Å². The molecule has 40 heavy (non-hydrogen) atoms. The molecule has 0 unspecified atom stereocenters. The Kier molecular flexibility index (Phi) is 4.93. The molecule has 0 bridgehead atoms. The van der Waals surface area contributed by atoms with Crippen molar-refractivity contribution in [3.63, 3.8) is 0 Å². The molecule has 4 aromatic rings. The molecule has 1 saturated heterocycles. The molecule has 2 aromatic heterocycles. The summed E-state index contributed by atoms with van der Waals surface area (Å²) in [6.45, 7) is 0.388. The molecule has 4 aliphatic rings. The lowest BCUT2D eigenvalue weighted by atomic mass is 9.80. The average Bonchev–Trinajstić information content (AvgIpc) is 3.30. The van der Waals surface area contributed by atoms with Gasteiger partial charge in [0.15, 0.2) is 11.4 Å². The van der Waals surface area contributed by atoms with Gasteiger partial charge in [-0.15, -0.1) is 11.3 Å². The first-order valence-electron chi connectivity index (χ1n) is 12.8. The lowest BCUT2D eigenvalue weighted by molar-refractivity contribution is -0.00824. The van der Waals surface area contributed by atoms with Gasteiger partial charge in [0.2, 0.25) is 5.43 Å². The highest BCUT2D eigenvalue weighted by molar-refractivity contribution is 7.99. The Morgan fingerprint density at radius 2 is 1.85 bits per heavy atom. The zero-order valence-electron chi connectivity index (χ0n) is 20.7. The first kappa shape index (κ1) is 24.1. The third-order valence-electron chi connectivity index (χ3n) is 8.32. The normalized spacial score (nSPS) is 21.7. The van der Waals surface area contributed by atoms with E-state index >= 15 is 13.2 Å². The highest BCUT2D eigenvalue weighted by Gasteiger charge is 2.50. The zero-order valence-corrected chi connectivity index (χ0v) is 22.4. The molecule has 4 heterocycles. The van der Waals surface area contributed by atoms with E-state index in [1.807, 2.05) is 29.3 Å². The minimum Gasteiger partial charge on any atom is -0.502 e. The first-order valence-corrected chi connectivity index (χ1v) is 14.8. The molecule has 1 amide bonds. The fraction of sp³-hybridized carbons (Fsp3) is 0.241. The number of amides is 1. The Bertz CT molecular complexity index is 1830. The van der Waals surface area contributed by atoms with Gasteiger partial charge in [-0.05, 0) is 33.7 Å². The van der Waals surface area contributed by atoms with E-state index in [4.69, 9.17) is 0 Å². The van der Waals surface area contributed by atoms with Crippen molar-refractivity contribution in [1.82, 2.24) is 9.58 Å². The van der Waals surface area contributed by atoms with Crippen LogP contribution in [0.3, 0.4) is 0 Å². The fourth-order valence-corrected chi connectivity index (χ4v) is 8.86. The van der Waals surface area contributed by atoms with Gasteiger partial charge in [0, 0.05) is 52.7 Å². The molecule has 1 N–H and O–H groups in total.